The van der Waals surface area contributed by atoms with Crippen LogP contribution in [0, 0.1) is 6.92 Å². The van der Waals surface area contributed by atoms with Gasteiger partial charge in [0.05, 0.1) is 31.9 Å². The lowest BCUT2D eigenvalue weighted by Crippen LogP contribution is -2.32. The summed E-state index contributed by atoms with van der Waals surface area (Å²) in [6.45, 7) is 7.97. The Hall–Kier alpha value is -3.52. The molecule has 1 fully saturated rings. The summed E-state index contributed by atoms with van der Waals surface area (Å²) >= 11 is 0. The Balaban J connectivity index is 2.11. The third-order valence-corrected chi connectivity index (χ3v) is 6.26. The highest BCUT2D eigenvalue weighted by Gasteiger charge is 2.46. The predicted molar refractivity (Wildman–Crippen MR) is 143 cm³/mol. The largest absolute Gasteiger partial charge is 0.507 e. The summed E-state index contributed by atoms with van der Waals surface area (Å²) in [5.74, 6) is 0.233. The van der Waals surface area contributed by atoms with Gasteiger partial charge in [0.2, 0.25) is 0 Å². The first-order valence-corrected chi connectivity index (χ1v) is 12.7. The summed E-state index contributed by atoms with van der Waals surface area (Å²) in [5, 5.41) is 11.4. The van der Waals surface area contributed by atoms with Crippen molar-refractivity contribution >= 4 is 17.4 Å². The van der Waals surface area contributed by atoms with Gasteiger partial charge < -0.3 is 29.1 Å². The van der Waals surface area contributed by atoms with Crippen LogP contribution >= 0.6 is 0 Å². The van der Waals surface area contributed by atoms with E-state index in [1.807, 2.05) is 45.8 Å². The van der Waals surface area contributed by atoms with Crippen LogP contribution in [0.5, 0.6) is 17.2 Å². The van der Waals surface area contributed by atoms with Crippen molar-refractivity contribution in [1.82, 2.24) is 9.80 Å². The minimum Gasteiger partial charge on any atom is -0.507 e. The van der Waals surface area contributed by atoms with E-state index in [0.29, 0.717) is 48.8 Å². The zero-order valence-electron chi connectivity index (χ0n) is 22.7. The van der Waals surface area contributed by atoms with E-state index in [0.717, 1.165) is 24.3 Å². The number of aliphatic hydroxyl groups is 1. The number of Topliss-reactive ketones (excluding diaryl/α,β-unsaturated/α-hetero) is 1. The number of aryl methyl sites for hydroxylation is 1. The molecule has 3 rings (SSSR count). The predicted octanol–water partition coefficient (Wildman–Crippen LogP) is 4.56. The summed E-state index contributed by atoms with van der Waals surface area (Å²) in [5.41, 5.74) is 2.00. The highest BCUT2D eigenvalue weighted by Crippen LogP contribution is 2.42. The van der Waals surface area contributed by atoms with Crippen LogP contribution in [0.4, 0.5) is 0 Å². The molecule has 1 N–H and O–H groups in total. The van der Waals surface area contributed by atoms with E-state index < -0.39 is 17.7 Å². The molecule has 200 valence electrons. The van der Waals surface area contributed by atoms with Gasteiger partial charge in [0.25, 0.3) is 11.7 Å². The molecule has 2 aromatic carbocycles. The molecule has 0 bridgehead atoms. The van der Waals surface area contributed by atoms with Gasteiger partial charge in [0.1, 0.15) is 11.5 Å². The zero-order chi connectivity index (χ0) is 27.1. The Labute approximate surface area is 219 Å². The molecular formula is C29H38N2O6. The Kier molecular flexibility index (Phi) is 9.58. The lowest BCUT2D eigenvalue weighted by molar-refractivity contribution is -0.139. The molecule has 1 heterocycles. The number of hydrogen-bond acceptors (Lipinski definition) is 7. The first-order valence-electron chi connectivity index (χ1n) is 12.7. The van der Waals surface area contributed by atoms with Crippen molar-refractivity contribution in [1.29, 1.82) is 0 Å². The minimum absolute atomic E-state index is 0.0580. The lowest BCUT2D eigenvalue weighted by Gasteiger charge is -2.26. The number of carbonyl (C=O) groups excluding carboxylic acids is 2. The number of ether oxygens (including phenoxy) is 3. The van der Waals surface area contributed by atoms with Gasteiger partial charge in [-0.05, 0) is 88.8 Å². The summed E-state index contributed by atoms with van der Waals surface area (Å²) in [4.78, 5) is 30.1. The Bertz CT molecular complexity index is 1160. The van der Waals surface area contributed by atoms with Crippen molar-refractivity contribution in [2.45, 2.75) is 39.7 Å². The molecule has 0 radical (unpaired) electrons. The van der Waals surface area contributed by atoms with Gasteiger partial charge in [-0.25, -0.2) is 0 Å². The molecule has 1 unspecified atom stereocenters. The average molecular weight is 511 g/mol. The second-order valence-electron chi connectivity index (χ2n) is 9.32. The number of benzene rings is 2. The fourth-order valence-electron chi connectivity index (χ4n) is 4.47. The van der Waals surface area contributed by atoms with Gasteiger partial charge in [-0.2, -0.15) is 0 Å². The van der Waals surface area contributed by atoms with Crippen LogP contribution in [-0.2, 0) is 9.59 Å². The van der Waals surface area contributed by atoms with Gasteiger partial charge in [-0.1, -0.05) is 13.0 Å². The smallest absolute Gasteiger partial charge is 0.295 e. The number of methoxy groups -OCH3 is 1. The number of aliphatic hydroxyl groups excluding tert-OH is 1. The maximum Gasteiger partial charge on any atom is 0.295 e. The molecule has 2 aromatic rings. The van der Waals surface area contributed by atoms with E-state index >= 15 is 0 Å². The molecular weight excluding hydrogens is 472 g/mol. The van der Waals surface area contributed by atoms with Crippen LogP contribution in [0.1, 0.15) is 49.4 Å². The number of likely N-dealkylation sites (tertiary alicyclic amines) is 1. The standard InChI is InChI=1S/C29H38N2O6/c1-7-16-37-22-12-11-21(17-19(22)3)27(32)25-26(20-10-13-23(36-8-2)24(18-20)35-6)31(29(34)28(25)33)15-9-14-30(4)5/h10-13,17-18,26,32H,7-9,14-16H2,1-6H3/b27-25-. The van der Waals surface area contributed by atoms with Crippen LogP contribution in [0.15, 0.2) is 42.0 Å². The topological polar surface area (TPSA) is 88.5 Å². The molecule has 1 saturated heterocycles. The van der Waals surface area contributed by atoms with E-state index in [-0.39, 0.29) is 11.3 Å². The minimum atomic E-state index is -0.761. The molecule has 37 heavy (non-hydrogen) atoms. The van der Waals surface area contributed by atoms with E-state index in [2.05, 4.69) is 0 Å². The second kappa shape index (κ2) is 12.6. The maximum absolute atomic E-state index is 13.3. The first kappa shape index (κ1) is 28.1. The highest BCUT2D eigenvalue weighted by molar-refractivity contribution is 6.46. The zero-order valence-corrected chi connectivity index (χ0v) is 22.7. The SMILES string of the molecule is CCCOc1ccc(/C(O)=C2/C(=O)C(=O)N(CCCN(C)C)C2c2ccc(OCC)c(OC)c2)cc1C. The molecule has 1 amide bonds. The molecule has 1 atom stereocenters. The molecule has 0 aromatic heterocycles. The van der Waals surface area contributed by atoms with Crippen LogP contribution in [-0.4, -0.2) is 74.1 Å². The number of nitrogens with zero attached hydrogens (tertiary/aromatic N) is 2. The molecule has 1 aliphatic rings. The Morgan fingerprint density at radius 1 is 1.03 bits per heavy atom. The number of rotatable bonds is 12. The molecule has 0 spiro atoms. The third kappa shape index (κ3) is 6.25. The van der Waals surface area contributed by atoms with E-state index in [4.69, 9.17) is 14.2 Å². The molecule has 8 heteroatoms. The fourth-order valence-corrected chi connectivity index (χ4v) is 4.47. The van der Waals surface area contributed by atoms with Crippen LogP contribution < -0.4 is 14.2 Å². The Morgan fingerprint density at radius 3 is 2.38 bits per heavy atom. The van der Waals surface area contributed by atoms with Crippen molar-refractivity contribution in [3.63, 3.8) is 0 Å². The van der Waals surface area contributed by atoms with Crippen molar-refractivity contribution < 1.29 is 28.9 Å². The fraction of sp³-hybridized carbons (Fsp3) is 0.448. The number of hydrogen-bond donors (Lipinski definition) is 1. The quantitative estimate of drug-likeness (QED) is 0.254. The van der Waals surface area contributed by atoms with Crippen LogP contribution in [0.25, 0.3) is 5.76 Å². The molecule has 1 aliphatic heterocycles. The average Bonchev–Trinajstić information content (AvgIpc) is 3.12. The van der Waals surface area contributed by atoms with Gasteiger partial charge >= 0.3 is 0 Å². The first-order chi connectivity index (χ1) is 17.7. The second-order valence-corrected chi connectivity index (χ2v) is 9.32. The van der Waals surface area contributed by atoms with Crippen molar-refractivity contribution in [3.05, 3.63) is 58.7 Å². The summed E-state index contributed by atoms with van der Waals surface area (Å²) < 4.78 is 16.9. The normalized spacial score (nSPS) is 16.9. The van der Waals surface area contributed by atoms with E-state index in [9.17, 15) is 14.7 Å². The van der Waals surface area contributed by atoms with Gasteiger partial charge in [0, 0.05) is 12.1 Å². The van der Waals surface area contributed by atoms with Crippen molar-refractivity contribution in [2.24, 2.45) is 0 Å². The monoisotopic (exact) mass is 510 g/mol. The molecule has 0 aliphatic carbocycles. The number of ketones is 1. The molecule has 8 nitrogen and oxygen atoms in total. The number of amides is 1. The lowest BCUT2D eigenvalue weighted by atomic mass is 9.94. The maximum atomic E-state index is 13.3. The van der Waals surface area contributed by atoms with E-state index in [1.54, 1.807) is 37.4 Å². The Morgan fingerprint density at radius 2 is 1.76 bits per heavy atom. The van der Waals surface area contributed by atoms with Gasteiger partial charge in [-0.3, -0.25) is 9.59 Å². The van der Waals surface area contributed by atoms with E-state index in [1.165, 1.54) is 4.90 Å². The van der Waals surface area contributed by atoms with Crippen molar-refractivity contribution in [2.75, 3.05) is 47.5 Å². The van der Waals surface area contributed by atoms with Crippen LogP contribution in [0.2, 0.25) is 0 Å². The highest BCUT2D eigenvalue weighted by atomic mass is 16.5. The number of carbonyl (C=O) groups is 2. The van der Waals surface area contributed by atoms with Crippen molar-refractivity contribution in [3.8, 4) is 17.2 Å². The molecule has 0 saturated carbocycles. The van der Waals surface area contributed by atoms with Gasteiger partial charge in [0.15, 0.2) is 11.5 Å². The van der Waals surface area contributed by atoms with Crippen LogP contribution in [0.3, 0.4) is 0 Å². The summed E-state index contributed by atoms with van der Waals surface area (Å²) in [7, 11) is 5.46. The van der Waals surface area contributed by atoms with Gasteiger partial charge in [-0.15, -0.1) is 0 Å². The third-order valence-electron chi connectivity index (χ3n) is 6.26. The summed E-state index contributed by atoms with van der Waals surface area (Å²) in [6.07, 6.45) is 1.55. The summed E-state index contributed by atoms with van der Waals surface area (Å²) in [6, 6.07) is 9.84.